The van der Waals surface area contributed by atoms with Gasteiger partial charge in [-0.25, -0.2) is 9.78 Å². The number of rotatable bonds is 2. The van der Waals surface area contributed by atoms with Crippen LogP contribution < -0.4 is 16.3 Å². The highest BCUT2D eigenvalue weighted by Crippen LogP contribution is 2.25. The first-order chi connectivity index (χ1) is 10.1. The maximum absolute atomic E-state index is 12.0. The van der Waals surface area contributed by atoms with E-state index in [0.717, 1.165) is 24.0 Å². The molecule has 2 N–H and O–H groups in total. The molecule has 0 fully saturated rings. The van der Waals surface area contributed by atoms with Gasteiger partial charge >= 0.3 is 5.63 Å². The molecule has 21 heavy (non-hydrogen) atoms. The van der Waals surface area contributed by atoms with Crippen LogP contribution >= 0.6 is 11.3 Å². The van der Waals surface area contributed by atoms with E-state index in [9.17, 15) is 14.4 Å². The van der Waals surface area contributed by atoms with Crippen molar-refractivity contribution in [3.05, 3.63) is 45.0 Å². The number of thiazole rings is 1. The van der Waals surface area contributed by atoms with E-state index < -0.39 is 11.5 Å². The molecule has 1 aliphatic heterocycles. The van der Waals surface area contributed by atoms with E-state index in [1.807, 2.05) is 0 Å². The van der Waals surface area contributed by atoms with Crippen molar-refractivity contribution >= 4 is 28.3 Å². The summed E-state index contributed by atoms with van der Waals surface area (Å²) in [6.07, 6.45) is 2.60. The third kappa shape index (κ3) is 2.84. The van der Waals surface area contributed by atoms with Gasteiger partial charge in [0.15, 0.2) is 5.13 Å². The summed E-state index contributed by atoms with van der Waals surface area (Å²) in [5.74, 6) is -0.603. The van der Waals surface area contributed by atoms with E-state index in [0.29, 0.717) is 28.7 Å². The van der Waals surface area contributed by atoms with Crippen LogP contribution in [-0.4, -0.2) is 23.3 Å². The molecule has 0 atom stereocenters. The van der Waals surface area contributed by atoms with E-state index in [-0.39, 0.29) is 11.5 Å². The Bertz CT molecular complexity index is 745. The first-order valence-electron chi connectivity index (χ1n) is 6.31. The van der Waals surface area contributed by atoms with Gasteiger partial charge in [-0.3, -0.25) is 14.9 Å². The second kappa shape index (κ2) is 5.49. The van der Waals surface area contributed by atoms with Crippen LogP contribution in [0.15, 0.2) is 27.6 Å². The molecule has 0 saturated carbocycles. The van der Waals surface area contributed by atoms with Gasteiger partial charge in [0.2, 0.25) is 0 Å². The minimum Gasteiger partial charge on any atom is -0.430 e. The zero-order valence-electron chi connectivity index (χ0n) is 10.8. The Hall–Kier alpha value is -2.48. The molecule has 2 aromatic heterocycles. The first-order valence-corrected chi connectivity index (χ1v) is 7.13. The third-order valence-electron chi connectivity index (χ3n) is 2.96. The van der Waals surface area contributed by atoms with Crippen molar-refractivity contribution in [1.29, 1.82) is 0 Å². The molecule has 108 valence electrons. The molecule has 0 unspecified atom stereocenters. The lowest BCUT2D eigenvalue weighted by Crippen LogP contribution is -2.21. The van der Waals surface area contributed by atoms with Crippen LogP contribution in [0, 0.1) is 0 Å². The molecule has 0 aromatic carbocycles. The smallest absolute Gasteiger partial charge is 0.335 e. The number of nitrogens with zero attached hydrogens (tertiary/aromatic N) is 1. The van der Waals surface area contributed by atoms with Crippen molar-refractivity contribution in [3.8, 4) is 0 Å². The van der Waals surface area contributed by atoms with Gasteiger partial charge in [0, 0.05) is 12.6 Å². The molecule has 8 heteroatoms. The van der Waals surface area contributed by atoms with Gasteiger partial charge in [-0.15, -0.1) is 0 Å². The van der Waals surface area contributed by atoms with Gasteiger partial charge in [0.1, 0.15) is 11.1 Å². The maximum Gasteiger partial charge on any atom is 0.335 e. The zero-order valence-corrected chi connectivity index (χ0v) is 11.7. The number of aromatic nitrogens is 1. The van der Waals surface area contributed by atoms with Gasteiger partial charge in [-0.05, 0) is 18.9 Å². The number of amides is 2. The molecule has 1 aliphatic rings. The molecule has 3 rings (SSSR count). The summed E-state index contributed by atoms with van der Waals surface area (Å²) in [5.41, 5.74) is 0.388. The van der Waals surface area contributed by atoms with E-state index in [2.05, 4.69) is 20.0 Å². The molecule has 0 saturated heterocycles. The van der Waals surface area contributed by atoms with Gasteiger partial charge in [-0.2, -0.15) is 0 Å². The fraction of sp³-hybridized carbons (Fsp3) is 0.231. The Morgan fingerprint density at radius 2 is 2.24 bits per heavy atom. The Morgan fingerprint density at radius 1 is 1.38 bits per heavy atom. The Morgan fingerprint density at radius 3 is 3.00 bits per heavy atom. The number of hydrogen-bond donors (Lipinski definition) is 2. The molecule has 0 radical (unpaired) electrons. The van der Waals surface area contributed by atoms with Gasteiger partial charge < -0.3 is 9.73 Å². The number of nitrogens with one attached hydrogen (secondary N) is 2. The summed E-state index contributed by atoms with van der Waals surface area (Å²) < 4.78 is 4.63. The minimum atomic E-state index is -0.524. The van der Waals surface area contributed by atoms with E-state index in [1.54, 1.807) is 0 Å². The largest absolute Gasteiger partial charge is 0.430 e. The first kappa shape index (κ1) is 13.5. The quantitative estimate of drug-likeness (QED) is 0.862. The second-order valence-electron chi connectivity index (χ2n) is 4.45. The van der Waals surface area contributed by atoms with Crippen LogP contribution in [0.25, 0.3) is 0 Å². The number of fused-ring (bicyclic) bond motifs is 1. The average molecular weight is 305 g/mol. The molecule has 2 aromatic rings. The highest BCUT2D eigenvalue weighted by Gasteiger charge is 2.21. The summed E-state index contributed by atoms with van der Waals surface area (Å²) in [5, 5.41) is 5.73. The summed E-state index contributed by atoms with van der Waals surface area (Å²) in [6, 6.07) is 2.53. The highest BCUT2D eigenvalue weighted by atomic mass is 32.1. The van der Waals surface area contributed by atoms with Crippen LogP contribution in [-0.2, 0) is 6.42 Å². The fourth-order valence-corrected chi connectivity index (χ4v) is 2.87. The van der Waals surface area contributed by atoms with Crippen LogP contribution in [0.4, 0.5) is 5.13 Å². The lowest BCUT2D eigenvalue weighted by atomic mass is 10.2. The number of carbonyl (C=O) groups is 2. The number of hydrogen-bond acceptors (Lipinski definition) is 6. The van der Waals surface area contributed by atoms with Crippen molar-refractivity contribution in [2.24, 2.45) is 0 Å². The summed E-state index contributed by atoms with van der Waals surface area (Å²) >= 11 is 1.14. The minimum absolute atomic E-state index is 0.161. The molecule has 0 bridgehead atoms. The molecule has 7 nitrogen and oxygen atoms in total. The summed E-state index contributed by atoms with van der Waals surface area (Å²) in [4.78, 5) is 39.4. The molecular weight excluding hydrogens is 294 g/mol. The van der Waals surface area contributed by atoms with Crippen molar-refractivity contribution in [2.45, 2.75) is 12.8 Å². The lowest BCUT2D eigenvalue weighted by Gasteiger charge is -2.00. The Balaban J connectivity index is 1.81. The predicted molar refractivity (Wildman–Crippen MR) is 75.7 cm³/mol. The topological polar surface area (TPSA) is 101 Å². The monoisotopic (exact) mass is 305 g/mol. The van der Waals surface area contributed by atoms with Crippen molar-refractivity contribution < 1.29 is 14.0 Å². The van der Waals surface area contributed by atoms with E-state index >= 15 is 0 Å². The average Bonchev–Trinajstić information content (AvgIpc) is 2.79. The van der Waals surface area contributed by atoms with Crippen molar-refractivity contribution in [1.82, 2.24) is 10.3 Å². The summed E-state index contributed by atoms with van der Waals surface area (Å²) in [7, 11) is 0. The van der Waals surface area contributed by atoms with E-state index in [4.69, 9.17) is 0 Å². The standard InChI is InChI=1S/C13H11N3O4S/c17-9-4-3-7(6-20-9)11(18)16-13-15-8-2-1-5-14-12(19)10(8)21-13/h3-4,6H,1-2,5H2,(H,14,19)(H,15,16,18). The van der Waals surface area contributed by atoms with Crippen LogP contribution in [0.1, 0.15) is 32.1 Å². The molecule has 0 aliphatic carbocycles. The SMILES string of the molecule is O=C(Nc1nc2c(s1)C(=O)NCCC2)c1ccc(=O)oc1. The summed E-state index contributed by atoms with van der Waals surface area (Å²) in [6.45, 7) is 0.632. The van der Waals surface area contributed by atoms with Crippen LogP contribution in [0.2, 0.25) is 0 Å². The third-order valence-corrected chi connectivity index (χ3v) is 3.98. The van der Waals surface area contributed by atoms with Crippen LogP contribution in [0.5, 0.6) is 0 Å². The molecule has 0 spiro atoms. The van der Waals surface area contributed by atoms with E-state index in [1.165, 1.54) is 12.1 Å². The fourth-order valence-electron chi connectivity index (χ4n) is 1.95. The van der Waals surface area contributed by atoms with Gasteiger partial charge in [0.25, 0.3) is 11.8 Å². The molecule has 2 amide bonds. The highest BCUT2D eigenvalue weighted by molar-refractivity contribution is 7.17. The molecule has 3 heterocycles. The zero-order chi connectivity index (χ0) is 14.8. The maximum atomic E-state index is 12.0. The van der Waals surface area contributed by atoms with Gasteiger partial charge in [0.05, 0.1) is 11.3 Å². The van der Waals surface area contributed by atoms with Crippen molar-refractivity contribution in [3.63, 3.8) is 0 Å². The number of anilines is 1. The van der Waals surface area contributed by atoms with Gasteiger partial charge in [-0.1, -0.05) is 11.3 Å². The number of aryl methyl sites for hydroxylation is 1. The molecular formula is C13H11N3O4S. The lowest BCUT2D eigenvalue weighted by molar-refractivity contribution is 0.0958. The van der Waals surface area contributed by atoms with Crippen LogP contribution in [0.3, 0.4) is 0 Å². The second-order valence-corrected chi connectivity index (χ2v) is 5.45. The normalized spacial score (nSPS) is 14.0. The predicted octanol–water partition coefficient (Wildman–Crippen LogP) is 1.02. The van der Waals surface area contributed by atoms with Crippen molar-refractivity contribution in [2.75, 3.05) is 11.9 Å². The Labute approximate surface area is 123 Å². The number of carbonyl (C=O) groups excluding carboxylic acids is 2. The Kier molecular flexibility index (Phi) is 3.53.